The maximum absolute atomic E-state index is 10.4. The number of carbonyl (C=O) groups is 1. The third-order valence-electron chi connectivity index (χ3n) is 1.36. The summed E-state index contributed by atoms with van der Waals surface area (Å²) in [6, 6.07) is -0.597. The number of hydrogen-bond acceptors (Lipinski definition) is 3. The average molecular weight is 220 g/mol. The summed E-state index contributed by atoms with van der Waals surface area (Å²) in [5.74, 6) is -0.896. The number of carboxylic acids is 1. The molecule has 0 bridgehead atoms. The normalized spacial score (nSPS) is 11.8. The van der Waals surface area contributed by atoms with Gasteiger partial charge in [-0.05, 0) is 19.4 Å². The molecule has 12 heavy (non-hydrogen) atoms. The van der Waals surface area contributed by atoms with Crippen LogP contribution in [0.25, 0.3) is 0 Å². The summed E-state index contributed by atoms with van der Waals surface area (Å²) in [7, 11) is 0. The summed E-state index contributed by atoms with van der Waals surface area (Å²) >= 11 is 0. The zero-order chi connectivity index (χ0) is 8.69. The summed E-state index contributed by atoms with van der Waals surface area (Å²) in [5, 5.41) is 19.8. The Morgan fingerprint density at radius 1 is 1.58 bits per heavy atom. The Balaban J connectivity index is 0. The fraction of sp³-hybridized carbons (Fsp3) is 0.857. The minimum Gasteiger partial charge on any atom is -0.480 e. The standard InChI is InChI=1S/C7H15NO3.Ni/c1-2-4-8-6(3-5-9)7(10)11;/h6,8-9H,2-5H2,1H3,(H,10,11);/t6-;/m0./s1. The van der Waals surface area contributed by atoms with Gasteiger partial charge in [0.15, 0.2) is 0 Å². The summed E-state index contributed by atoms with van der Waals surface area (Å²) < 4.78 is 0. The molecule has 0 unspecified atom stereocenters. The molecule has 5 heteroatoms. The van der Waals surface area contributed by atoms with Gasteiger partial charge in [0.25, 0.3) is 0 Å². The Kier molecular flexibility index (Phi) is 10.8. The van der Waals surface area contributed by atoms with Crippen LogP contribution in [-0.2, 0) is 21.3 Å². The molecule has 4 nitrogen and oxygen atoms in total. The van der Waals surface area contributed by atoms with E-state index in [1.54, 1.807) is 0 Å². The van der Waals surface area contributed by atoms with E-state index in [9.17, 15) is 4.79 Å². The van der Waals surface area contributed by atoms with Gasteiger partial charge in [0.1, 0.15) is 6.04 Å². The molecule has 0 saturated heterocycles. The van der Waals surface area contributed by atoms with Crippen molar-refractivity contribution in [1.82, 2.24) is 5.32 Å². The first-order chi connectivity index (χ1) is 5.22. The molecule has 0 saturated carbocycles. The van der Waals surface area contributed by atoms with E-state index < -0.39 is 12.0 Å². The van der Waals surface area contributed by atoms with Crippen molar-refractivity contribution in [3.05, 3.63) is 0 Å². The van der Waals surface area contributed by atoms with E-state index in [-0.39, 0.29) is 29.5 Å². The molecule has 0 radical (unpaired) electrons. The van der Waals surface area contributed by atoms with Crippen LogP contribution < -0.4 is 5.32 Å². The molecule has 0 aromatic rings. The van der Waals surface area contributed by atoms with Gasteiger partial charge in [-0.2, -0.15) is 0 Å². The third-order valence-corrected chi connectivity index (χ3v) is 1.36. The molecule has 0 aliphatic heterocycles. The van der Waals surface area contributed by atoms with Crippen molar-refractivity contribution in [1.29, 1.82) is 0 Å². The number of aliphatic carboxylic acids is 1. The Hall–Kier alpha value is -0.116. The predicted molar refractivity (Wildman–Crippen MR) is 41.4 cm³/mol. The molecule has 0 aliphatic rings. The Bertz CT molecular complexity index is 121. The quantitative estimate of drug-likeness (QED) is 0.543. The van der Waals surface area contributed by atoms with E-state index in [4.69, 9.17) is 10.2 Å². The van der Waals surface area contributed by atoms with Crippen molar-refractivity contribution < 1.29 is 31.5 Å². The second-order valence-corrected chi connectivity index (χ2v) is 2.36. The molecule has 0 rings (SSSR count). The number of rotatable bonds is 6. The minimum absolute atomic E-state index is 0. The molecule has 0 amide bonds. The van der Waals surface area contributed by atoms with Gasteiger partial charge in [-0.3, -0.25) is 4.79 Å². The van der Waals surface area contributed by atoms with Gasteiger partial charge in [0.05, 0.1) is 0 Å². The van der Waals surface area contributed by atoms with Crippen LogP contribution in [0.1, 0.15) is 19.8 Å². The summed E-state index contributed by atoms with van der Waals surface area (Å²) in [4.78, 5) is 10.4. The first-order valence-corrected chi connectivity index (χ1v) is 3.79. The van der Waals surface area contributed by atoms with Crippen LogP contribution in [0, 0.1) is 0 Å². The monoisotopic (exact) mass is 219 g/mol. The average Bonchev–Trinajstić information content (AvgIpc) is 1.97. The van der Waals surface area contributed by atoms with Gasteiger partial charge in [0.2, 0.25) is 0 Å². The molecule has 0 fully saturated rings. The molecular formula is C7H15NNiO3. The first kappa shape index (κ1) is 14.4. The number of carboxylic acid groups (broad SMARTS) is 1. The van der Waals surface area contributed by atoms with Gasteiger partial charge in [0, 0.05) is 23.1 Å². The largest absolute Gasteiger partial charge is 0.480 e. The molecule has 76 valence electrons. The Morgan fingerprint density at radius 3 is 2.50 bits per heavy atom. The Labute approximate surface area is 82.3 Å². The fourth-order valence-electron chi connectivity index (χ4n) is 0.761. The van der Waals surface area contributed by atoms with Gasteiger partial charge >= 0.3 is 5.97 Å². The predicted octanol–water partition coefficient (Wildman–Crippen LogP) is -0.181. The molecule has 0 aliphatic carbocycles. The summed E-state index contributed by atoms with van der Waals surface area (Å²) in [6.07, 6.45) is 1.17. The van der Waals surface area contributed by atoms with Crippen molar-refractivity contribution in [2.24, 2.45) is 0 Å². The van der Waals surface area contributed by atoms with Crippen LogP contribution in [0.2, 0.25) is 0 Å². The van der Waals surface area contributed by atoms with Crippen LogP contribution in [0.5, 0.6) is 0 Å². The van der Waals surface area contributed by atoms with Crippen LogP contribution in [-0.4, -0.2) is 35.4 Å². The van der Waals surface area contributed by atoms with E-state index in [2.05, 4.69) is 5.32 Å². The first-order valence-electron chi connectivity index (χ1n) is 3.79. The maximum Gasteiger partial charge on any atom is 0.320 e. The van der Waals surface area contributed by atoms with Crippen LogP contribution >= 0.6 is 0 Å². The van der Waals surface area contributed by atoms with Gasteiger partial charge in [-0.15, -0.1) is 0 Å². The molecule has 0 heterocycles. The SMILES string of the molecule is CCCN[C@@H](CCO)C(=O)O.[Ni]. The van der Waals surface area contributed by atoms with Crippen molar-refractivity contribution >= 4 is 5.97 Å². The topological polar surface area (TPSA) is 69.6 Å². The number of hydrogen-bond donors (Lipinski definition) is 3. The van der Waals surface area contributed by atoms with Gasteiger partial charge in [-0.1, -0.05) is 6.92 Å². The van der Waals surface area contributed by atoms with E-state index in [1.165, 1.54) is 0 Å². The van der Waals surface area contributed by atoms with E-state index >= 15 is 0 Å². The van der Waals surface area contributed by atoms with Crippen molar-refractivity contribution in [3.63, 3.8) is 0 Å². The number of aliphatic hydroxyl groups excluding tert-OH is 1. The molecular weight excluding hydrogens is 205 g/mol. The smallest absolute Gasteiger partial charge is 0.320 e. The summed E-state index contributed by atoms with van der Waals surface area (Å²) in [6.45, 7) is 2.55. The third kappa shape index (κ3) is 6.58. The molecule has 1 atom stereocenters. The second kappa shape index (κ2) is 8.98. The van der Waals surface area contributed by atoms with Gasteiger partial charge in [-0.25, -0.2) is 0 Å². The zero-order valence-corrected chi connectivity index (χ0v) is 8.01. The van der Waals surface area contributed by atoms with Crippen molar-refractivity contribution in [2.75, 3.05) is 13.2 Å². The minimum atomic E-state index is -0.896. The molecule has 3 N–H and O–H groups in total. The van der Waals surface area contributed by atoms with E-state index in [0.717, 1.165) is 6.42 Å². The number of aliphatic hydroxyl groups is 1. The molecule has 0 aromatic carbocycles. The fourth-order valence-corrected chi connectivity index (χ4v) is 0.761. The zero-order valence-electron chi connectivity index (χ0n) is 7.02. The van der Waals surface area contributed by atoms with E-state index in [1.807, 2.05) is 6.92 Å². The molecule has 0 aromatic heterocycles. The second-order valence-electron chi connectivity index (χ2n) is 2.36. The van der Waals surface area contributed by atoms with Crippen molar-refractivity contribution in [3.8, 4) is 0 Å². The summed E-state index contributed by atoms with van der Waals surface area (Å²) in [5.41, 5.74) is 0. The number of nitrogens with one attached hydrogen (secondary N) is 1. The molecule has 0 spiro atoms. The maximum atomic E-state index is 10.4. The Morgan fingerprint density at radius 2 is 2.17 bits per heavy atom. The van der Waals surface area contributed by atoms with Crippen LogP contribution in [0.15, 0.2) is 0 Å². The van der Waals surface area contributed by atoms with Gasteiger partial charge < -0.3 is 15.5 Å². The van der Waals surface area contributed by atoms with E-state index in [0.29, 0.717) is 6.54 Å². The van der Waals surface area contributed by atoms with Crippen molar-refractivity contribution in [2.45, 2.75) is 25.8 Å². The van der Waals surface area contributed by atoms with Crippen LogP contribution in [0.4, 0.5) is 0 Å². The van der Waals surface area contributed by atoms with Crippen LogP contribution in [0.3, 0.4) is 0 Å².